The Bertz CT molecular complexity index is 1300. The summed E-state index contributed by atoms with van der Waals surface area (Å²) in [6.45, 7) is 0.207. The van der Waals surface area contributed by atoms with E-state index in [9.17, 15) is 14.4 Å². The fraction of sp³-hybridized carbons (Fsp3) is 0.148. The molecule has 0 radical (unpaired) electrons. The Labute approximate surface area is 206 Å². The van der Waals surface area contributed by atoms with Gasteiger partial charge in [0.1, 0.15) is 5.01 Å². The third-order valence-electron chi connectivity index (χ3n) is 5.93. The van der Waals surface area contributed by atoms with Crippen molar-refractivity contribution in [1.82, 2.24) is 15.1 Å². The SMILES string of the molecule is O=C(CC(c1ccccc1)c1ccccc1)Nc1nnc(CCN2C(=O)c3ccccc3C2=O)s1. The lowest BCUT2D eigenvalue weighted by atomic mass is 9.88. The number of benzene rings is 3. The number of amides is 3. The molecule has 1 aliphatic heterocycles. The smallest absolute Gasteiger partial charge is 0.261 e. The number of fused-ring (bicyclic) bond motifs is 1. The molecular weight excluding hydrogens is 460 g/mol. The first kappa shape index (κ1) is 22.6. The topological polar surface area (TPSA) is 92.3 Å². The lowest BCUT2D eigenvalue weighted by Crippen LogP contribution is -2.31. The molecule has 0 bridgehead atoms. The average Bonchev–Trinajstić information content (AvgIpc) is 3.44. The second-order valence-electron chi connectivity index (χ2n) is 8.18. The van der Waals surface area contributed by atoms with Gasteiger partial charge in [0.05, 0.1) is 11.1 Å². The van der Waals surface area contributed by atoms with Gasteiger partial charge in [0.15, 0.2) is 0 Å². The van der Waals surface area contributed by atoms with E-state index in [-0.39, 0.29) is 36.6 Å². The van der Waals surface area contributed by atoms with Crippen LogP contribution in [0, 0.1) is 0 Å². The van der Waals surface area contributed by atoms with Crippen molar-refractivity contribution >= 4 is 34.2 Å². The number of carbonyl (C=O) groups is 3. The van der Waals surface area contributed by atoms with Crippen LogP contribution in [0.3, 0.4) is 0 Å². The van der Waals surface area contributed by atoms with Crippen molar-refractivity contribution < 1.29 is 14.4 Å². The van der Waals surface area contributed by atoms with Crippen LogP contribution >= 0.6 is 11.3 Å². The number of nitrogens with one attached hydrogen (secondary N) is 1. The van der Waals surface area contributed by atoms with E-state index in [1.54, 1.807) is 24.3 Å². The summed E-state index contributed by atoms with van der Waals surface area (Å²) in [7, 11) is 0. The second kappa shape index (κ2) is 9.99. The van der Waals surface area contributed by atoms with E-state index < -0.39 is 0 Å². The Morgan fingerprint density at radius 2 is 1.34 bits per heavy atom. The van der Waals surface area contributed by atoms with Crippen LogP contribution in [0.2, 0.25) is 0 Å². The first-order valence-corrected chi connectivity index (χ1v) is 12.1. The fourth-order valence-electron chi connectivity index (χ4n) is 4.21. The third kappa shape index (κ3) is 4.88. The van der Waals surface area contributed by atoms with Crippen molar-refractivity contribution in [3.63, 3.8) is 0 Å². The van der Waals surface area contributed by atoms with E-state index in [1.807, 2.05) is 60.7 Å². The molecule has 1 N–H and O–H groups in total. The van der Waals surface area contributed by atoms with Gasteiger partial charge >= 0.3 is 0 Å². The Kier molecular flexibility index (Phi) is 6.45. The lowest BCUT2D eigenvalue weighted by Gasteiger charge is -2.17. The van der Waals surface area contributed by atoms with Crippen LogP contribution in [-0.2, 0) is 11.2 Å². The van der Waals surface area contributed by atoms with Crippen molar-refractivity contribution in [2.75, 3.05) is 11.9 Å². The van der Waals surface area contributed by atoms with Gasteiger partial charge < -0.3 is 5.32 Å². The summed E-state index contributed by atoms with van der Waals surface area (Å²) in [5, 5.41) is 12.1. The Morgan fingerprint density at radius 3 is 1.91 bits per heavy atom. The van der Waals surface area contributed by atoms with Gasteiger partial charge in [0.2, 0.25) is 11.0 Å². The second-order valence-corrected chi connectivity index (χ2v) is 9.25. The number of rotatable bonds is 8. The molecule has 0 spiro atoms. The predicted molar refractivity (Wildman–Crippen MR) is 133 cm³/mol. The van der Waals surface area contributed by atoms with Crippen LogP contribution in [0.1, 0.15) is 49.2 Å². The zero-order valence-corrected chi connectivity index (χ0v) is 19.6. The number of imide groups is 1. The molecule has 174 valence electrons. The molecule has 1 aliphatic rings. The standard InChI is InChI=1S/C27H22N4O3S/c32-23(17-22(18-9-3-1-4-10-18)19-11-5-2-6-12-19)28-27-30-29-24(35-27)15-16-31-25(33)20-13-7-8-14-21(20)26(31)34/h1-14,22H,15-17H2,(H,28,30,32). The van der Waals surface area contributed by atoms with Crippen molar-refractivity contribution in [3.8, 4) is 0 Å². The predicted octanol–water partition coefficient (Wildman–Crippen LogP) is 4.54. The minimum atomic E-state index is -0.295. The maximum absolute atomic E-state index is 12.9. The van der Waals surface area contributed by atoms with E-state index in [2.05, 4.69) is 15.5 Å². The van der Waals surface area contributed by atoms with Crippen molar-refractivity contribution in [3.05, 3.63) is 112 Å². The summed E-state index contributed by atoms with van der Waals surface area (Å²) in [6, 6.07) is 26.7. The number of carbonyl (C=O) groups excluding carboxylic acids is 3. The monoisotopic (exact) mass is 482 g/mol. The molecule has 0 saturated heterocycles. The summed E-state index contributed by atoms with van der Waals surface area (Å²) in [4.78, 5) is 39.2. The fourth-order valence-corrected chi connectivity index (χ4v) is 4.95. The van der Waals surface area contributed by atoms with Crippen LogP contribution in [-0.4, -0.2) is 39.4 Å². The maximum atomic E-state index is 12.9. The van der Waals surface area contributed by atoms with Gasteiger partial charge in [-0.25, -0.2) is 0 Å². The van der Waals surface area contributed by atoms with Crippen molar-refractivity contribution in [2.45, 2.75) is 18.8 Å². The number of nitrogens with zero attached hydrogens (tertiary/aromatic N) is 3. The van der Waals surface area contributed by atoms with Crippen molar-refractivity contribution in [1.29, 1.82) is 0 Å². The molecule has 7 nitrogen and oxygen atoms in total. The van der Waals surface area contributed by atoms with Crippen LogP contribution in [0.25, 0.3) is 0 Å². The molecule has 0 unspecified atom stereocenters. The molecule has 0 saturated carbocycles. The highest BCUT2D eigenvalue weighted by Gasteiger charge is 2.34. The first-order chi connectivity index (χ1) is 17.1. The maximum Gasteiger partial charge on any atom is 0.261 e. The van der Waals surface area contributed by atoms with E-state index in [0.29, 0.717) is 27.7 Å². The molecule has 2 heterocycles. The number of hydrogen-bond acceptors (Lipinski definition) is 6. The van der Waals surface area contributed by atoms with Gasteiger partial charge in [0, 0.05) is 25.3 Å². The minimum Gasteiger partial charge on any atom is -0.300 e. The number of anilines is 1. The molecule has 0 fully saturated rings. The van der Waals surface area contributed by atoms with E-state index in [1.165, 1.54) is 16.2 Å². The summed E-state index contributed by atoms with van der Waals surface area (Å²) in [5.74, 6) is -0.836. The zero-order chi connectivity index (χ0) is 24.2. The summed E-state index contributed by atoms with van der Waals surface area (Å²) in [5.41, 5.74) is 2.98. The molecule has 0 atom stereocenters. The molecule has 0 aliphatic carbocycles. The molecule has 35 heavy (non-hydrogen) atoms. The van der Waals surface area contributed by atoms with Crippen LogP contribution in [0.5, 0.6) is 0 Å². The summed E-state index contributed by atoms with van der Waals surface area (Å²) in [6.07, 6.45) is 0.633. The largest absolute Gasteiger partial charge is 0.300 e. The zero-order valence-electron chi connectivity index (χ0n) is 18.8. The van der Waals surface area contributed by atoms with Crippen molar-refractivity contribution in [2.24, 2.45) is 0 Å². The Hall–Kier alpha value is -4.17. The normalized spacial score (nSPS) is 12.8. The van der Waals surface area contributed by atoms with E-state index in [4.69, 9.17) is 0 Å². The van der Waals surface area contributed by atoms with Crippen LogP contribution in [0.15, 0.2) is 84.9 Å². The van der Waals surface area contributed by atoms with Gasteiger partial charge in [-0.1, -0.05) is 84.1 Å². The summed E-state index contributed by atoms with van der Waals surface area (Å²) >= 11 is 1.25. The Balaban J connectivity index is 1.21. The minimum absolute atomic E-state index is 0.0846. The first-order valence-electron chi connectivity index (χ1n) is 11.3. The molecule has 3 amide bonds. The highest BCUT2D eigenvalue weighted by molar-refractivity contribution is 7.15. The molecule has 4 aromatic rings. The van der Waals surface area contributed by atoms with Gasteiger partial charge in [-0.05, 0) is 23.3 Å². The number of aromatic nitrogens is 2. The quantitative estimate of drug-likeness (QED) is 0.372. The van der Waals surface area contributed by atoms with E-state index in [0.717, 1.165) is 11.1 Å². The van der Waals surface area contributed by atoms with Gasteiger partial charge in [-0.2, -0.15) is 0 Å². The molecule has 3 aromatic carbocycles. The van der Waals surface area contributed by atoms with Gasteiger partial charge in [0.25, 0.3) is 11.8 Å². The van der Waals surface area contributed by atoms with Gasteiger partial charge in [-0.15, -0.1) is 10.2 Å². The highest BCUT2D eigenvalue weighted by Crippen LogP contribution is 2.29. The van der Waals surface area contributed by atoms with E-state index >= 15 is 0 Å². The average molecular weight is 483 g/mol. The molecule has 8 heteroatoms. The van der Waals surface area contributed by atoms with Gasteiger partial charge in [-0.3, -0.25) is 19.3 Å². The Morgan fingerprint density at radius 1 is 0.800 bits per heavy atom. The molecule has 5 rings (SSSR count). The molecule has 1 aromatic heterocycles. The lowest BCUT2D eigenvalue weighted by molar-refractivity contribution is -0.116. The van der Waals surface area contributed by atoms with Crippen LogP contribution < -0.4 is 5.32 Å². The number of hydrogen-bond donors (Lipinski definition) is 1. The molecular formula is C27H22N4O3S. The summed E-state index contributed by atoms with van der Waals surface area (Å²) < 4.78 is 0. The van der Waals surface area contributed by atoms with Crippen LogP contribution in [0.4, 0.5) is 5.13 Å². The third-order valence-corrected chi connectivity index (χ3v) is 6.83. The highest BCUT2D eigenvalue weighted by atomic mass is 32.1.